The number of ether oxygens (including phenoxy) is 1. The van der Waals surface area contributed by atoms with Gasteiger partial charge in [-0.15, -0.1) is 0 Å². The second kappa shape index (κ2) is 5.48. The molecule has 16 heavy (non-hydrogen) atoms. The van der Waals surface area contributed by atoms with Crippen molar-refractivity contribution in [3.63, 3.8) is 0 Å². The number of hydrogen-bond acceptors (Lipinski definition) is 2. The summed E-state index contributed by atoms with van der Waals surface area (Å²) in [6, 6.07) is 7.07. The third-order valence-corrected chi connectivity index (χ3v) is 2.85. The molecule has 0 saturated heterocycles. The summed E-state index contributed by atoms with van der Waals surface area (Å²) in [5.74, 6) is 0.708. The molecule has 90 valence electrons. The Balaban J connectivity index is 2.53. The molecule has 1 nitrogen and oxygen atoms in total. The highest BCUT2D eigenvalue weighted by atomic mass is 32.2. The van der Waals surface area contributed by atoms with Gasteiger partial charge in [0.2, 0.25) is 0 Å². The third-order valence-electron chi connectivity index (χ3n) is 2.02. The van der Waals surface area contributed by atoms with Gasteiger partial charge in [0.15, 0.2) is 0 Å². The molecule has 1 aromatic rings. The molecule has 0 radical (unpaired) electrons. The van der Waals surface area contributed by atoms with Crippen LogP contribution in [0.1, 0.15) is 12.5 Å². The molecule has 1 rings (SSSR count). The van der Waals surface area contributed by atoms with Crippen molar-refractivity contribution >= 4 is 11.8 Å². The predicted octanol–water partition coefficient (Wildman–Crippen LogP) is 3.88. The van der Waals surface area contributed by atoms with Crippen LogP contribution in [0.3, 0.4) is 0 Å². The Morgan fingerprint density at radius 1 is 1.25 bits per heavy atom. The molecule has 1 unspecified atom stereocenters. The van der Waals surface area contributed by atoms with Gasteiger partial charge in [0.1, 0.15) is 5.75 Å². The van der Waals surface area contributed by atoms with E-state index < -0.39 is 10.8 Å². The van der Waals surface area contributed by atoms with E-state index in [1.165, 1.54) is 0 Å². The number of alkyl halides is 3. The van der Waals surface area contributed by atoms with E-state index in [1.54, 1.807) is 38.3 Å². The van der Waals surface area contributed by atoms with Crippen molar-refractivity contribution in [2.45, 2.75) is 24.1 Å². The molecule has 0 N–H and O–H groups in total. The molecule has 0 amide bonds. The van der Waals surface area contributed by atoms with Crippen LogP contribution in [0.4, 0.5) is 13.2 Å². The molecule has 1 atom stereocenters. The maximum atomic E-state index is 12.1. The summed E-state index contributed by atoms with van der Waals surface area (Å²) in [6.45, 7) is 1.57. The third kappa shape index (κ3) is 4.79. The van der Waals surface area contributed by atoms with Crippen LogP contribution in [-0.4, -0.2) is 17.9 Å². The molecular formula is C11H13F3OS. The zero-order valence-corrected chi connectivity index (χ0v) is 9.86. The maximum absolute atomic E-state index is 12.1. The lowest BCUT2D eigenvalue weighted by atomic mass is 10.1. The van der Waals surface area contributed by atoms with E-state index in [1.807, 2.05) is 0 Å². The van der Waals surface area contributed by atoms with E-state index in [0.29, 0.717) is 12.2 Å². The molecule has 0 fully saturated rings. The Morgan fingerprint density at radius 2 is 1.81 bits per heavy atom. The number of rotatable bonds is 4. The summed E-state index contributed by atoms with van der Waals surface area (Å²) < 4.78 is 41.2. The summed E-state index contributed by atoms with van der Waals surface area (Å²) >= 11 is 0.0303. The van der Waals surface area contributed by atoms with Crippen LogP contribution in [0.15, 0.2) is 24.3 Å². The molecule has 0 heterocycles. The largest absolute Gasteiger partial charge is 0.497 e. The van der Waals surface area contributed by atoms with Crippen molar-refractivity contribution < 1.29 is 17.9 Å². The van der Waals surface area contributed by atoms with Crippen LogP contribution in [0.2, 0.25) is 0 Å². The average molecular weight is 250 g/mol. The minimum atomic E-state index is -4.16. The van der Waals surface area contributed by atoms with Crippen molar-refractivity contribution in [3.8, 4) is 5.75 Å². The van der Waals surface area contributed by atoms with Crippen molar-refractivity contribution in [2.24, 2.45) is 0 Å². The van der Waals surface area contributed by atoms with Gasteiger partial charge < -0.3 is 4.74 Å². The van der Waals surface area contributed by atoms with E-state index in [-0.39, 0.29) is 11.8 Å². The van der Waals surface area contributed by atoms with Crippen molar-refractivity contribution in [1.29, 1.82) is 0 Å². The van der Waals surface area contributed by atoms with E-state index in [0.717, 1.165) is 5.56 Å². The zero-order valence-electron chi connectivity index (χ0n) is 9.04. The van der Waals surface area contributed by atoms with E-state index in [4.69, 9.17) is 4.74 Å². The Labute approximate surface area is 97.0 Å². The second-order valence-corrected chi connectivity index (χ2v) is 4.93. The number of hydrogen-bond donors (Lipinski definition) is 0. The standard InChI is InChI=1S/C11H13F3OS/c1-8(16-11(12,13)14)7-9-3-5-10(15-2)6-4-9/h3-6,8H,7H2,1-2H3. The maximum Gasteiger partial charge on any atom is 0.442 e. The Morgan fingerprint density at radius 3 is 2.25 bits per heavy atom. The highest BCUT2D eigenvalue weighted by molar-refractivity contribution is 8.00. The number of halogens is 3. The number of benzene rings is 1. The van der Waals surface area contributed by atoms with Gasteiger partial charge in [0, 0.05) is 5.25 Å². The minimum absolute atomic E-state index is 0.0303. The first-order valence-electron chi connectivity index (χ1n) is 4.78. The fourth-order valence-corrected chi connectivity index (χ4v) is 2.10. The van der Waals surface area contributed by atoms with Gasteiger partial charge >= 0.3 is 5.51 Å². The SMILES string of the molecule is COc1ccc(CC(C)SC(F)(F)F)cc1. The Hall–Kier alpha value is -0.840. The summed E-state index contributed by atoms with van der Waals surface area (Å²) in [4.78, 5) is 0. The molecule has 1 aromatic carbocycles. The summed E-state index contributed by atoms with van der Waals surface area (Å²) in [5.41, 5.74) is -3.28. The Bertz CT molecular complexity index is 321. The lowest BCUT2D eigenvalue weighted by Crippen LogP contribution is -2.10. The smallest absolute Gasteiger partial charge is 0.442 e. The lowest BCUT2D eigenvalue weighted by molar-refractivity contribution is -0.0332. The number of methoxy groups -OCH3 is 1. The van der Waals surface area contributed by atoms with Gasteiger partial charge in [-0.1, -0.05) is 19.1 Å². The summed E-state index contributed by atoms with van der Waals surface area (Å²) in [5, 5.41) is -0.478. The molecule has 0 aliphatic rings. The van der Waals surface area contributed by atoms with Gasteiger partial charge in [-0.3, -0.25) is 0 Å². The molecule has 0 aliphatic heterocycles. The van der Waals surface area contributed by atoms with Gasteiger partial charge in [-0.2, -0.15) is 13.2 Å². The van der Waals surface area contributed by atoms with Crippen LogP contribution in [0, 0.1) is 0 Å². The Kier molecular flexibility index (Phi) is 4.53. The van der Waals surface area contributed by atoms with Crippen LogP contribution in [0.5, 0.6) is 5.75 Å². The van der Waals surface area contributed by atoms with E-state index >= 15 is 0 Å². The van der Waals surface area contributed by atoms with Gasteiger partial charge in [-0.05, 0) is 35.9 Å². The van der Waals surface area contributed by atoms with E-state index in [2.05, 4.69) is 0 Å². The van der Waals surface area contributed by atoms with Crippen molar-refractivity contribution in [3.05, 3.63) is 29.8 Å². The molecule has 0 bridgehead atoms. The highest BCUT2D eigenvalue weighted by Gasteiger charge is 2.31. The summed E-state index contributed by atoms with van der Waals surface area (Å²) in [7, 11) is 1.55. The lowest BCUT2D eigenvalue weighted by Gasteiger charge is -2.13. The van der Waals surface area contributed by atoms with Crippen LogP contribution in [0.25, 0.3) is 0 Å². The second-order valence-electron chi connectivity index (χ2n) is 3.43. The first-order valence-corrected chi connectivity index (χ1v) is 5.66. The molecular weight excluding hydrogens is 237 g/mol. The first kappa shape index (κ1) is 13.2. The average Bonchev–Trinajstić information content (AvgIpc) is 2.16. The van der Waals surface area contributed by atoms with Crippen LogP contribution in [-0.2, 0) is 6.42 Å². The number of thioether (sulfide) groups is 1. The van der Waals surface area contributed by atoms with Gasteiger partial charge in [0.05, 0.1) is 7.11 Å². The van der Waals surface area contributed by atoms with Crippen molar-refractivity contribution in [1.82, 2.24) is 0 Å². The molecule has 5 heteroatoms. The molecule has 0 saturated carbocycles. The van der Waals surface area contributed by atoms with Crippen LogP contribution < -0.4 is 4.74 Å². The van der Waals surface area contributed by atoms with Crippen molar-refractivity contribution in [2.75, 3.05) is 7.11 Å². The fourth-order valence-electron chi connectivity index (χ4n) is 1.36. The van der Waals surface area contributed by atoms with Gasteiger partial charge in [0.25, 0.3) is 0 Å². The normalized spacial score (nSPS) is 13.6. The monoisotopic (exact) mass is 250 g/mol. The quantitative estimate of drug-likeness (QED) is 0.802. The molecule has 0 aliphatic carbocycles. The predicted molar refractivity (Wildman–Crippen MR) is 59.8 cm³/mol. The first-order chi connectivity index (χ1) is 7.40. The summed E-state index contributed by atoms with van der Waals surface area (Å²) in [6.07, 6.45) is 0.397. The zero-order chi connectivity index (χ0) is 12.2. The topological polar surface area (TPSA) is 9.23 Å². The highest BCUT2D eigenvalue weighted by Crippen LogP contribution is 2.35. The molecule has 0 aromatic heterocycles. The van der Waals surface area contributed by atoms with E-state index in [9.17, 15) is 13.2 Å². The van der Waals surface area contributed by atoms with Gasteiger partial charge in [-0.25, -0.2) is 0 Å². The fraction of sp³-hybridized carbons (Fsp3) is 0.455. The minimum Gasteiger partial charge on any atom is -0.497 e. The molecule has 0 spiro atoms. The van der Waals surface area contributed by atoms with Crippen LogP contribution >= 0.6 is 11.8 Å².